The van der Waals surface area contributed by atoms with E-state index in [9.17, 15) is 9.18 Å². The van der Waals surface area contributed by atoms with Crippen LogP contribution < -0.4 is 15.8 Å². The number of amides is 1. The Morgan fingerprint density at radius 1 is 1.43 bits per heavy atom. The fourth-order valence-electron chi connectivity index (χ4n) is 1.77. The van der Waals surface area contributed by atoms with Crippen molar-refractivity contribution in [2.24, 2.45) is 5.73 Å². The third kappa shape index (κ3) is 6.55. The Bertz CT molecular complexity index is 439. The van der Waals surface area contributed by atoms with Crippen LogP contribution in [0.25, 0.3) is 0 Å². The highest BCUT2D eigenvalue weighted by Crippen LogP contribution is 2.14. The van der Waals surface area contributed by atoms with E-state index in [2.05, 4.69) is 5.32 Å². The molecule has 0 saturated heterocycles. The maximum Gasteiger partial charge on any atom is 0.222 e. The third-order valence-corrected chi connectivity index (χ3v) is 3.09. The number of ether oxygens (including phenoxy) is 2. The molecule has 0 fully saturated rings. The summed E-state index contributed by atoms with van der Waals surface area (Å²) in [6.07, 6.45) is 0.411. The Labute approximate surface area is 124 Å². The van der Waals surface area contributed by atoms with E-state index in [0.29, 0.717) is 25.3 Å². The number of methoxy groups -OCH3 is 1. The van der Waals surface area contributed by atoms with E-state index in [-0.39, 0.29) is 30.4 Å². The minimum atomic E-state index is -0.350. The van der Waals surface area contributed by atoms with Crippen LogP contribution >= 0.6 is 0 Å². The van der Waals surface area contributed by atoms with Crippen molar-refractivity contribution in [3.63, 3.8) is 0 Å². The van der Waals surface area contributed by atoms with Gasteiger partial charge in [-0.2, -0.15) is 0 Å². The second-order valence-electron chi connectivity index (χ2n) is 4.71. The molecule has 1 aromatic rings. The molecule has 5 nitrogen and oxygen atoms in total. The minimum Gasteiger partial charge on any atom is -0.489 e. The Kier molecular flexibility index (Phi) is 7.71. The Morgan fingerprint density at radius 2 is 2.19 bits per heavy atom. The van der Waals surface area contributed by atoms with Gasteiger partial charge in [0.2, 0.25) is 5.91 Å². The molecule has 1 aromatic carbocycles. The van der Waals surface area contributed by atoms with Crippen molar-refractivity contribution >= 4 is 5.91 Å². The molecular weight excluding hydrogens is 275 g/mol. The molecule has 1 amide bonds. The van der Waals surface area contributed by atoms with E-state index in [1.807, 2.05) is 6.92 Å². The summed E-state index contributed by atoms with van der Waals surface area (Å²) in [6.45, 7) is 2.59. The first kappa shape index (κ1) is 17.4. The molecule has 0 radical (unpaired) electrons. The highest BCUT2D eigenvalue weighted by molar-refractivity contribution is 5.76. The van der Waals surface area contributed by atoms with Crippen molar-refractivity contribution in [2.75, 3.05) is 20.2 Å². The second kappa shape index (κ2) is 9.31. The average molecular weight is 298 g/mol. The Balaban J connectivity index is 2.42. The summed E-state index contributed by atoms with van der Waals surface area (Å²) in [5.41, 5.74) is 5.46. The first-order valence-corrected chi connectivity index (χ1v) is 7.00. The van der Waals surface area contributed by atoms with Crippen molar-refractivity contribution in [3.05, 3.63) is 30.1 Å². The molecule has 6 heteroatoms. The molecule has 118 valence electrons. The summed E-state index contributed by atoms with van der Waals surface area (Å²) in [5.74, 6) is -0.0429. The van der Waals surface area contributed by atoms with Crippen LogP contribution in [0.15, 0.2) is 24.3 Å². The Hall–Kier alpha value is -1.66. The zero-order valence-corrected chi connectivity index (χ0v) is 12.5. The third-order valence-electron chi connectivity index (χ3n) is 3.09. The van der Waals surface area contributed by atoms with Crippen LogP contribution in [0.4, 0.5) is 4.39 Å². The van der Waals surface area contributed by atoms with Crippen molar-refractivity contribution in [2.45, 2.75) is 32.0 Å². The molecule has 0 aliphatic heterocycles. The lowest BCUT2D eigenvalue weighted by molar-refractivity contribution is -0.123. The Morgan fingerprint density at radius 3 is 2.76 bits per heavy atom. The quantitative estimate of drug-likeness (QED) is 0.724. The van der Waals surface area contributed by atoms with E-state index in [1.54, 1.807) is 12.1 Å². The zero-order valence-electron chi connectivity index (χ0n) is 12.5. The van der Waals surface area contributed by atoms with Gasteiger partial charge in [0, 0.05) is 19.7 Å². The average Bonchev–Trinajstić information content (AvgIpc) is 2.49. The molecule has 0 aliphatic rings. The predicted octanol–water partition coefficient (Wildman–Crippen LogP) is 1.46. The first-order chi connectivity index (χ1) is 10.1. The summed E-state index contributed by atoms with van der Waals surface area (Å²) in [6, 6.07) is 5.94. The van der Waals surface area contributed by atoms with E-state index in [1.165, 1.54) is 19.2 Å². The van der Waals surface area contributed by atoms with Crippen molar-refractivity contribution in [1.29, 1.82) is 0 Å². The van der Waals surface area contributed by atoms with E-state index in [0.717, 1.165) is 0 Å². The van der Waals surface area contributed by atoms with E-state index < -0.39 is 0 Å². The molecule has 0 spiro atoms. The van der Waals surface area contributed by atoms with Gasteiger partial charge in [-0.05, 0) is 18.6 Å². The highest BCUT2D eigenvalue weighted by Gasteiger charge is 2.14. The van der Waals surface area contributed by atoms with Gasteiger partial charge in [0.1, 0.15) is 17.7 Å². The monoisotopic (exact) mass is 298 g/mol. The van der Waals surface area contributed by atoms with Crippen LogP contribution in [-0.2, 0) is 9.53 Å². The SMILES string of the molecule is CCC(CNC(=O)CC(CN)OC)Oc1cccc(F)c1. The van der Waals surface area contributed by atoms with Crippen LogP contribution in [0.1, 0.15) is 19.8 Å². The predicted molar refractivity (Wildman–Crippen MR) is 78.6 cm³/mol. The standard InChI is InChI=1S/C15H23FN2O3/c1-3-12(21-13-6-4-5-11(16)7-13)10-18-15(19)8-14(9-17)20-2/h4-7,12,14H,3,8-10,17H2,1-2H3,(H,18,19). The largest absolute Gasteiger partial charge is 0.489 e. The summed E-state index contributed by atoms with van der Waals surface area (Å²) in [4.78, 5) is 11.7. The number of carbonyl (C=O) groups is 1. The number of benzene rings is 1. The molecule has 0 heterocycles. The fraction of sp³-hybridized carbons (Fsp3) is 0.533. The summed E-state index contributed by atoms with van der Waals surface area (Å²) in [5, 5.41) is 2.77. The van der Waals surface area contributed by atoms with Gasteiger partial charge in [-0.1, -0.05) is 13.0 Å². The number of nitrogens with two attached hydrogens (primary N) is 1. The van der Waals surface area contributed by atoms with Gasteiger partial charge in [0.25, 0.3) is 0 Å². The molecule has 0 aliphatic carbocycles. The van der Waals surface area contributed by atoms with Gasteiger partial charge in [-0.25, -0.2) is 4.39 Å². The second-order valence-corrected chi connectivity index (χ2v) is 4.71. The number of carbonyl (C=O) groups excluding carboxylic acids is 1. The summed E-state index contributed by atoms with van der Waals surface area (Å²) < 4.78 is 23.8. The van der Waals surface area contributed by atoms with Crippen LogP contribution in [0.3, 0.4) is 0 Å². The summed E-state index contributed by atoms with van der Waals surface area (Å²) >= 11 is 0. The minimum absolute atomic E-state index is 0.145. The van der Waals surface area contributed by atoms with Gasteiger partial charge in [-0.3, -0.25) is 4.79 Å². The molecule has 0 saturated carbocycles. The molecule has 3 N–H and O–H groups in total. The van der Waals surface area contributed by atoms with Crippen molar-refractivity contribution < 1.29 is 18.7 Å². The number of hydrogen-bond donors (Lipinski definition) is 2. The first-order valence-electron chi connectivity index (χ1n) is 7.00. The van der Waals surface area contributed by atoms with Crippen molar-refractivity contribution in [1.82, 2.24) is 5.32 Å². The number of hydrogen-bond acceptors (Lipinski definition) is 4. The van der Waals surface area contributed by atoms with Gasteiger partial charge in [-0.15, -0.1) is 0 Å². The molecule has 0 aromatic heterocycles. The topological polar surface area (TPSA) is 73.6 Å². The molecule has 2 atom stereocenters. The van der Waals surface area contributed by atoms with Gasteiger partial charge >= 0.3 is 0 Å². The van der Waals surface area contributed by atoms with E-state index in [4.69, 9.17) is 15.2 Å². The maximum atomic E-state index is 13.1. The zero-order chi connectivity index (χ0) is 15.7. The number of rotatable bonds is 9. The molecule has 21 heavy (non-hydrogen) atoms. The maximum absolute atomic E-state index is 13.1. The number of halogens is 1. The lowest BCUT2D eigenvalue weighted by Gasteiger charge is -2.19. The van der Waals surface area contributed by atoms with E-state index >= 15 is 0 Å². The highest BCUT2D eigenvalue weighted by atomic mass is 19.1. The van der Waals surface area contributed by atoms with Crippen LogP contribution in [0, 0.1) is 5.82 Å². The van der Waals surface area contributed by atoms with Crippen LogP contribution in [0.2, 0.25) is 0 Å². The molecule has 0 bridgehead atoms. The normalized spacial score (nSPS) is 13.5. The fourth-order valence-corrected chi connectivity index (χ4v) is 1.77. The lowest BCUT2D eigenvalue weighted by atomic mass is 10.2. The van der Waals surface area contributed by atoms with Crippen LogP contribution in [-0.4, -0.2) is 38.3 Å². The van der Waals surface area contributed by atoms with Gasteiger partial charge < -0.3 is 20.5 Å². The number of nitrogens with one attached hydrogen (secondary N) is 1. The lowest BCUT2D eigenvalue weighted by Crippen LogP contribution is -2.38. The van der Waals surface area contributed by atoms with Gasteiger partial charge in [0.15, 0.2) is 0 Å². The molecule has 1 rings (SSSR count). The summed E-state index contributed by atoms with van der Waals surface area (Å²) in [7, 11) is 1.52. The smallest absolute Gasteiger partial charge is 0.222 e. The molecule has 2 unspecified atom stereocenters. The molecular formula is C15H23FN2O3. The van der Waals surface area contributed by atoms with Crippen LogP contribution in [0.5, 0.6) is 5.75 Å². The van der Waals surface area contributed by atoms with Gasteiger partial charge in [0.05, 0.1) is 19.1 Å². The van der Waals surface area contributed by atoms with Crippen molar-refractivity contribution in [3.8, 4) is 5.75 Å².